The van der Waals surface area contributed by atoms with Gasteiger partial charge in [0.05, 0.1) is 17.6 Å². The Morgan fingerprint density at radius 3 is 2.48 bits per heavy atom. The average molecular weight is 290 g/mol. The fourth-order valence-corrected chi connectivity index (χ4v) is 2.57. The molecule has 0 radical (unpaired) electrons. The molecule has 1 aromatic rings. The van der Waals surface area contributed by atoms with Crippen molar-refractivity contribution in [3.8, 4) is 5.75 Å². The Morgan fingerprint density at radius 1 is 1.29 bits per heavy atom. The summed E-state index contributed by atoms with van der Waals surface area (Å²) in [5, 5.41) is 6.37. The van der Waals surface area contributed by atoms with Crippen molar-refractivity contribution < 1.29 is 9.53 Å². The van der Waals surface area contributed by atoms with Crippen molar-refractivity contribution >= 4 is 5.91 Å². The van der Waals surface area contributed by atoms with Crippen LogP contribution in [0.4, 0.5) is 0 Å². The van der Waals surface area contributed by atoms with E-state index in [9.17, 15) is 4.79 Å². The molecule has 0 bridgehead atoms. The summed E-state index contributed by atoms with van der Waals surface area (Å²) in [6.07, 6.45) is 1.06. The zero-order valence-corrected chi connectivity index (χ0v) is 13.4. The minimum absolute atomic E-state index is 0.00280. The molecule has 4 nitrogen and oxygen atoms in total. The Bertz CT molecular complexity index is 476. The third-order valence-corrected chi connectivity index (χ3v) is 4.02. The number of carbonyl (C=O) groups excluding carboxylic acids is 1. The Hall–Kier alpha value is -1.55. The van der Waals surface area contributed by atoms with Crippen LogP contribution in [0.3, 0.4) is 0 Å². The minimum Gasteiger partial charge on any atom is -0.491 e. The number of amides is 1. The summed E-state index contributed by atoms with van der Waals surface area (Å²) in [6, 6.07) is 7.94. The molecule has 2 rings (SSSR count). The lowest BCUT2D eigenvalue weighted by Gasteiger charge is -2.25. The quantitative estimate of drug-likeness (QED) is 0.876. The van der Waals surface area contributed by atoms with Crippen molar-refractivity contribution in [2.45, 2.75) is 46.3 Å². The van der Waals surface area contributed by atoms with Crippen LogP contribution < -0.4 is 15.4 Å². The molecule has 116 valence electrons. The minimum atomic E-state index is -0.283. The molecule has 1 amide bonds. The van der Waals surface area contributed by atoms with E-state index in [0.29, 0.717) is 0 Å². The number of benzene rings is 1. The molecule has 2 atom stereocenters. The summed E-state index contributed by atoms with van der Waals surface area (Å²) < 4.78 is 5.63. The number of nitrogens with one attached hydrogen (secondary N) is 2. The van der Waals surface area contributed by atoms with E-state index in [-0.39, 0.29) is 23.5 Å². The van der Waals surface area contributed by atoms with E-state index in [4.69, 9.17) is 4.74 Å². The van der Waals surface area contributed by atoms with Crippen LogP contribution in [-0.4, -0.2) is 25.1 Å². The van der Waals surface area contributed by atoms with E-state index in [1.54, 1.807) is 0 Å². The second-order valence-electron chi connectivity index (χ2n) is 6.42. The van der Waals surface area contributed by atoms with Gasteiger partial charge in [0.25, 0.3) is 0 Å². The van der Waals surface area contributed by atoms with Crippen molar-refractivity contribution in [1.82, 2.24) is 10.6 Å². The molecule has 0 aromatic heterocycles. The van der Waals surface area contributed by atoms with E-state index >= 15 is 0 Å². The lowest BCUT2D eigenvalue weighted by molar-refractivity contribution is -0.129. The van der Waals surface area contributed by atoms with Gasteiger partial charge in [0.2, 0.25) is 5.91 Å². The summed E-state index contributed by atoms with van der Waals surface area (Å²) >= 11 is 0. The van der Waals surface area contributed by atoms with Crippen LogP contribution in [0.15, 0.2) is 24.3 Å². The van der Waals surface area contributed by atoms with Gasteiger partial charge >= 0.3 is 0 Å². The summed E-state index contributed by atoms with van der Waals surface area (Å²) in [6.45, 7) is 9.73. The first-order chi connectivity index (χ1) is 9.90. The van der Waals surface area contributed by atoms with E-state index in [0.717, 1.165) is 30.8 Å². The smallest absolute Gasteiger partial charge is 0.227 e. The number of hydrogen-bond donors (Lipinski definition) is 2. The largest absolute Gasteiger partial charge is 0.491 e. The highest BCUT2D eigenvalue weighted by atomic mass is 16.5. The van der Waals surface area contributed by atoms with Crippen LogP contribution in [0.5, 0.6) is 5.75 Å². The molecule has 0 saturated carbocycles. The van der Waals surface area contributed by atoms with Gasteiger partial charge in [0.1, 0.15) is 5.75 Å². The second kappa shape index (κ2) is 6.48. The van der Waals surface area contributed by atoms with Crippen LogP contribution in [0.2, 0.25) is 0 Å². The molecule has 4 heteroatoms. The first kappa shape index (κ1) is 15.8. The monoisotopic (exact) mass is 290 g/mol. The van der Waals surface area contributed by atoms with Crippen molar-refractivity contribution in [3.63, 3.8) is 0 Å². The van der Waals surface area contributed by atoms with Gasteiger partial charge in [0.15, 0.2) is 0 Å². The van der Waals surface area contributed by atoms with Gasteiger partial charge in [-0.15, -0.1) is 0 Å². The molecule has 21 heavy (non-hydrogen) atoms. The molecule has 1 aromatic carbocycles. The maximum absolute atomic E-state index is 12.4. The molecule has 1 saturated heterocycles. The molecular formula is C17H26N2O2. The molecule has 2 unspecified atom stereocenters. The topological polar surface area (TPSA) is 50.4 Å². The lowest BCUT2D eigenvalue weighted by atomic mass is 9.88. The molecular weight excluding hydrogens is 264 g/mol. The fraction of sp³-hybridized carbons (Fsp3) is 0.588. The molecule has 1 heterocycles. The highest BCUT2D eigenvalue weighted by molar-refractivity contribution is 5.83. The Morgan fingerprint density at radius 2 is 1.95 bits per heavy atom. The van der Waals surface area contributed by atoms with E-state index in [1.807, 2.05) is 52.0 Å². The summed E-state index contributed by atoms with van der Waals surface area (Å²) in [5.41, 5.74) is 0.809. The third kappa shape index (κ3) is 3.97. The van der Waals surface area contributed by atoms with Gasteiger partial charge in [0, 0.05) is 6.54 Å². The van der Waals surface area contributed by atoms with E-state index < -0.39 is 0 Å². The normalized spacial score (nSPS) is 23.1. The highest BCUT2D eigenvalue weighted by Crippen LogP contribution is 2.26. The maximum Gasteiger partial charge on any atom is 0.227 e. The zero-order chi connectivity index (χ0) is 15.5. The molecule has 2 N–H and O–H groups in total. The van der Waals surface area contributed by atoms with Gasteiger partial charge in [-0.1, -0.05) is 12.1 Å². The zero-order valence-electron chi connectivity index (χ0n) is 13.4. The maximum atomic E-state index is 12.4. The fourth-order valence-electron chi connectivity index (χ4n) is 2.57. The van der Waals surface area contributed by atoms with Crippen molar-refractivity contribution in [2.75, 3.05) is 13.1 Å². The van der Waals surface area contributed by atoms with Gasteiger partial charge in [-0.3, -0.25) is 4.79 Å². The predicted octanol–water partition coefficient (Wildman–Crippen LogP) is 2.65. The number of carbonyl (C=O) groups is 1. The molecule has 1 fully saturated rings. The van der Waals surface area contributed by atoms with Gasteiger partial charge < -0.3 is 15.4 Å². The Balaban J connectivity index is 1.96. The highest BCUT2D eigenvalue weighted by Gasteiger charge is 2.36. The number of hydrogen-bond acceptors (Lipinski definition) is 3. The molecule has 1 aliphatic rings. The molecule has 0 aliphatic carbocycles. The standard InChI is InChI=1S/C17H26N2O2/c1-12(2)21-15-7-5-14(6-8-15)13(3)19-16(20)17(4)9-10-18-11-17/h5-8,12-13,18H,9-11H2,1-4H3,(H,19,20). The van der Waals surface area contributed by atoms with Crippen LogP contribution in [-0.2, 0) is 4.79 Å². The first-order valence-electron chi connectivity index (χ1n) is 7.69. The first-order valence-corrected chi connectivity index (χ1v) is 7.69. The lowest BCUT2D eigenvalue weighted by Crippen LogP contribution is -2.41. The average Bonchev–Trinajstić information content (AvgIpc) is 2.87. The Labute approximate surface area is 127 Å². The molecule has 1 aliphatic heterocycles. The summed E-state index contributed by atoms with van der Waals surface area (Å²) in [7, 11) is 0. The Kier molecular flexibility index (Phi) is 4.88. The third-order valence-electron chi connectivity index (χ3n) is 4.02. The second-order valence-corrected chi connectivity index (χ2v) is 6.42. The predicted molar refractivity (Wildman–Crippen MR) is 84.4 cm³/mol. The van der Waals surface area contributed by atoms with Crippen molar-refractivity contribution in [1.29, 1.82) is 0 Å². The van der Waals surface area contributed by atoms with Crippen LogP contribution in [0.25, 0.3) is 0 Å². The van der Waals surface area contributed by atoms with Crippen LogP contribution in [0.1, 0.15) is 45.7 Å². The SMILES string of the molecule is CC(C)Oc1ccc(C(C)NC(=O)C2(C)CCNC2)cc1. The van der Waals surface area contributed by atoms with E-state index in [2.05, 4.69) is 10.6 Å². The van der Waals surface area contributed by atoms with Crippen LogP contribution in [0, 0.1) is 5.41 Å². The van der Waals surface area contributed by atoms with Gasteiger partial charge in [-0.25, -0.2) is 0 Å². The van der Waals surface area contributed by atoms with Gasteiger partial charge in [-0.2, -0.15) is 0 Å². The molecule has 0 spiro atoms. The summed E-state index contributed by atoms with van der Waals surface area (Å²) in [4.78, 5) is 12.4. The van der Waals surface area contributed by atoms with Crippen molar-refractivity contribution in [3.05, 3.63) is 29.8 Å². The van der Waals surface area contributed by atoms with Crippen LogP contribution >= 0.6 is 0 Å². The summed E-state index contributed by atoms with van der Waals surface area (Å²) in [5.74, 6) is 0.988. The van der Waals surface area contributed by atoms with Gasteiger partial charge in [-0.05, 0) is 58.4 Å². The number of rotatable bonds is 5. The van der Waals surface area contributed by atoms with Crippen molar-refractivity contribution in [2.24, 2.45) is 5.41 Å². The van der Waals surface area contributed by atoms with E-state index in [1.165, 1.54) is 0 Å². The number of ether oxygens (including phenoxy) is 1.